The topological polar surface area (TPSA) is 48.6 Å². The lowest BCUT2D eigenvalue weighted by atomic mass is 9.82. The Hall–Kier alpha value is -1.77. The van der Waals surface area contributed by atoms with Gasteiger partial charge in [-0.3, -0.25) is 4.79 Å². The molecule has 132 valence electrons. The Morgan fingerprint density at radius 2 is 1.29 bits per heavy atom. The molecule has 0 aliphatic heterocycles. The van der Waals surface area contributed by atoms with Gasteiger partial charge >= 0.3 is 0 Å². The van der Waals surface area contributed by atoms with E-state index in [2.05, 4.69) is 35.9 Å². The van der Waals surface area contributed by atoms with E-state index in [9.17, 15) is 4.79 Å². The van der Waals surface area contributed by atoms with E-state index < -0.39 is 0 Å². The normalized spacial score (nSPS) is 13.8. The number of aromatic amines is 2. The van der Waals surface area contributed by atoms with Gasteiger partial charge < -0.3 is 9.97 Å². The van der Waals surface area contributed by atoms with Crippen LogP contribution in [0.3, 0.4) is 0 Å². The fourth-order valence-corrected chi connectivity index (χ4v) is 3.46. The molecule has 0 radical (unpaired) electrons. The van der Waals surface area contributed by atoms with E-state index >= 15 is 0 Å². The molecule has 0 bridgehead atoms. The average molecular weight is 328 g/mol. The maximum absolute atomic E-state index is 13.4. The zero-order chi connectivity index (χ0) is 17.2. The summed E-state index contributed by atoms with van der Waals surface area (Å²) in [4.78, 5) is 20.0. The van der Waals surface area contributed by atoms with Crippen molar-refractivity contribution >= 4 is 5.78 Å². The third-order valence-corrected chi connectivity index (χ3v) is 4.87. The number of unbranched alkanes of at least 4 members (excludes halogenated alkanes) is 4. The molecule has 0 spiro atoms. The summed E-state index contributed by atoms with van der Waals surface area (Å²) in [7, 11) is 0. The van der Waals surface area contributed by atoms with E-state index in [0.29, 0.717) is 5.78 Å². The number of rotatable bonds is 12. The second kappa shape index (κ2) is 10.2. The van der Waals surface area contributed by atoms with Gasteiger partial charge in [-0.15, -0.1) is 0 Å². The minimum Gasteiger partial charge on any atom is -0.364 e. The Morgan fingerprint density at radius 3 is 1.62 bits per heavy atom. The molecule has 0 saturated carbocycles. The van der Waals surface area contributed by atoms with Crippen molar-refractivity contribution in [1.82, 2.24) is 9.97 Å². The summed E-state index contributed by atoms with van der Waals surface area (Å²) in [6, 6.07) is 8.12. The summed E-state index contributed by atoms with van der Waals surface area (Å²) in [6.07, 6.45) is 12.7. The maximum atomic E-state index is 13.4. The molecule has 0 fully saturated rings. The van der Waals surface area contributed by atoms with Crippen LogP contribution in [-0.4, -0.2) is 15.8 Å². The van der Waals surface area contributed by atoms with Gasteiger partial charge in [0.15, 0.2) is 5.78 Å². The van der Waals surface area contributed by atoms with E-state index in [1.807, 2.05) is 24.5 Å². The van der Waals surface area contributed by atoms with Gasteiger partial charge in [0.05, 0.1) is 11.8 Å². The molecule has 0 aliphatic rings. The van der Waals surface area contributed by atoms with Gasteiger partial charge in [0.2, 0.25) is 0 Å². The van der Waals surface area contributed by atoms with Crippen molar-refractivity contribution in [1.29, 1.82) is 0 Å². The fourth-order valence-electron chi connectivity index (χ4n) is 3.46. The van der Waals surface area contributed by atoms with Crippen molar-refractivity contribution in [3.8, 4) is 0 Å². The van der Waals surface area contributed by atoms with Crippen LogP contribution in [0.4, 0.5) is 0 Å². The number of nitrogens with one attached hydrogen (secondary N) is 2. The van der Waals surface area contributed by atoms with Crippen molar-refractivity contribution in [3.05, 3.63) is 48.0 Å². The number of Topliss-reactive ketones (excluding diaryl/α,β-unsaturated/α-hetero) is 1. The highest BCUT2D eigenvalue weighted by molar-refractivity contribution is 5.91. The van der Waals surface area contributed by atoms with E-state index in [0.717, 1.165) is 37.1 Å². The molecule has 2 N–H and O–H groups in total. The summed E-state index contributed by atoms with van der Waals surface area (Å²) in [5.41, 5.74) is 2.14. The molecular formula is C21H32N2O. The van der Waals surface area contributed by atoms with Crippen molar-refractivity contribution in [2.45, 2.75) is 77.0 Å². The second-order valence-electron chi connectivity index (χ2n) is 6.75. The van der Waals surface area contributed by atoms with Crippen molar-refractivity contribution in [3.63, 3.8) is 0 Å². The van der Waals surface area contributed by atoms with Gasteiger partial charge in [-0.05, 0) is 37.1 Å². The Morgan fingerprint density at radius 1 is 0.833 bits per heavy atom. The molecule has 2 aromatic heterocycles. The molecule has 3 heteroatoms. The minimum absolute atomic E-state index is 0.0125. The number of carbonyl (C=O) groups is 1. The van der Waals surface area contributed by atoms with Gasteiger partial charge in [0.25, 0.3) is 0 Å². The zero-order valence-corrected chi connectivity index (χ0v) is 15.2. The van der Waals surface area contributed by atoms with Crippen LogP contribution in [0.1, 0.15) is 88.4 Å². The molecule has 2 unspecified atom stereocenters. The van der Waals surface area contributed by atoms with Crippen LogP contribution in [0.15, 0.2) is 36.7 Å². The van der Waals surface area contributed by atoms with Crippen LogP contribution in [0.25, 0.3) is 0 Å². The number of aromatic nitrogens is 2. The largest absolute Gasteiger partial charge is 0.364 e. The molecule has 0 aromatic carbocycles. The Kier molecular flexibility index (Phi) is 7.87. The number of H-pyrrole nitrogens is 2. The number of carbonyl (C=O) groups excluding carboxylic acids is 1. The van der Waals surface area contributed by atoms with E-state index in [1.54, 1.807) is 0 Å². The second-order valence-corrected chi connectivity index (χ2v) is 6.75. The predicted molar refractivity (Wildman–Crippen MR) is 100 cm³/mol. The summed E-state index contributed by atoms with van der Waals surface area (Å²) in [6.45, 7) is 4.41. The quantitative estimate of drug-likeness (QED) is 0.465. The maximum Gasteiger partial charge on any atom is 0.150 e. The minimum atomic E-state index is -0.0125. The van der Waals surface area contributed by atoms with Crippen LogP contribution in [0.2, 0.25) is 0 Å². The highest BCUT2D eigenvalue weighted by atomic mass is 16.1. The first-order chi connectivity index (χ1) is 11.8. The zero-order valence-electron chi connectivity index (χ0n) is 15.2. The molecule has 2 rings (SSSR count). The fraction of sp³-hybridized carbons (Fsp3) is 0.571. The Labute approximate surface area is 146 Å². The first-order valence-corrected chi connectivity index (χ1v) is 9.58. The van der Waals surface area contributed by atoms with Crippen LogP contribution in [0, 0.1) is 0 Å². The van der Waals surface area contributed by atoms with Gasteiger partial charge in [-0.1, -0.05) is 52.4 Å². The summed E-state index contributed by atoms with van der Waals surface area (Å²) in [5.74, 6) is 0.343. The number of ketones is 1. The number of hydrogen-bond donors (Lipinski definition) is 2. The standard InChI is InChI=1S/C21H32N2O/c1-3-5-7-11-17(19-13-9-15-22-19)21(24)18(12-8-6-4-2)20-14-10-16-23-20/h9-10,13-18,22-23H,3-8,11-12H2,1-2H3. The van der Waals surface area contributed by atoms with E-state index in [-0.39, 0.29) is 11.8 Å². The van der Waals surface area contributed by atoms with Gasteiger partial charge in [-0.25, -0.2) is 0 Å². The molecular weight excluding hydrogens is 296 g/mol. The molecule has 2 heterocycles. The molecule has 0 aliphatic carbocycles. The highest BCUT2D eigenvalue weighted by Gasteiger charge is 2.29. The first-order valence-electron chi connectivity index (χ1n) is 9.58. The number of hydrogen-bond acceptors (Lipinski definition) is 1. The molecule has 0 amide bonds. The lowest BCUT2D eigenvalue weighted by molar-refractivity contribution is -0.122. The third-order valence-electron chi connectivity index (χ3n) is 4.87. The Bertz CT molecular complexity index is 506. The third kappa shape index (κ3) is 5.12. The lowest BCUT2D eigenvalue weighted by Gasteiger charge is -2.22. The molecule has 3 nitrogen and oxygen atoms in total. The monoisotopic (exact) mass is 328 g/mol. The van der Waals surface area contributed by atoms with Gasteiger partial charge in [-0.2, -0.15) is 0 Å². The van der Waals surface area contributed by atoms with Gasteiger partial charge in [0, 0.05) is 23.8 Å². The average Bonchev–Trinajstić information content (AvgIpc) is 3.29. The highest BCUT2D eigenvalue weighted by Crippen LogP contribution is 2.32. The van der Waals surface area contributed by atoms with Crippen LogP contribution < -0.4 is 0 Å². The van der Waals surface area contributed by atoms with Crippen molar-refractivity contribution in [2.75, 3.05) is 0 Å². The van der Waals surface area contributed by atoms with Crippen LogP contribution >= 0.6 is 0 Å². The summed E-state index contributed by atoms with van der Waals surface area (Å²) in [5, 5.41) is 0. The van der Waals surface area contributed by atoms with Crippen LogP contribution in [0.5, 0.6) is 0 Å². The molecule has 2 atom stereocenters. The predicted octanol–water partition coefficient (Wildman–Crippen LogP) is 5.94. The van der Waals surface area contributed by atoms with Gasteiger partial charge in [0.1, 0.15) is 0 Å². The van der Waals surface area contributed by atoms with E-state index in [1.165, 1.54) is 25.7 Å². The SMILES string of the molecule is CCCCCC(C(=O)C(CCCCC)c1ccc[nH]1)c1ccc[nH]1. The summed E-state index contributed by atoms with van der Waals surface area (Å²) >= 11 is 0. The van der Waals surface area contributed by atoms with E-state index in [4.69, 9.17) is 0 Å². The molecule has 0 saturated heterocycles. The molecule has 24 heavy (non-hydrogen) atoms. The first kappa shape index (κ1) is 18.6. The lowest BCUT2D eigenvalue weighted by Crippen LogP contribution is -2.22. The molecule has 2 aromatic rings. The smallest absolute Gasteiger partial charge is 0.150 e. The Balaban J connectivity index is 2.15. The van der Waals surface area contributed by atoms with Crippen molar-refractivity contribution < 1.29 is 4.79 Å². The summed E-state index contributed by atoms with van der Waals surface area (Å²) < 4.78 is 0. The van der Waals surface area contributed by atoms with Crippen LogP contribution in [-0.2, 0) is 4.79 Å². The van der Waals surface area contributed by atoms with Crippen molar-refractivity contribution in [2.24, 2.45) is 0 Å².